The number of primary amides is 1. The lowest BCUT2D eigenvalue weighted by atomic mass is 9.86. The molecule has 1 aromatic rings. The molecule has 7 heteroatoms. The lowest BCUT2D eigenvalue weighted by molar-refractivity contribution is -0.141. The van der Waals surface area contributed by atoms with Crippen molar-refractivity contribution in [2.75, 3.05) is 12.4 Å². The second-order valence-corrected chi connectivity index (χ2v) is 4.40. The third kappa shape index (κ3) is 3.33. The molecule has 0 aliphatic heterocycles. The Bertz CT molecular complexity index is 527. The fourth-order valence-corrected chi connectivity index (χ4v) is 1.68. The number of nitrogens with two attached hydrogens (primary N) is 2. The second-order valence-electron chi connectivity index (χ2n) is 4.40. The minimum atomic E-state index is -2.16. The Hall–Kier alpha value is -2.41. The van der Waals surface area contributed by atoms with E-state index >= 15 is 0 Å². The number of amides is 1. The molecule has 0 saturated carbocycles. The summed E-state index contributed by atoms with van der Waals surface area (Å²) in [6.07, 6.45) is -0.618. The quantitative estimate of drug-likeness (QED) is 0.408. The van der Waals surface area contributed by atoms with Crippen LogP contribution in [-0.2, 0) is 9.59 Å². The molecule has 0 aromatic heterocycles. The maximum absolute atomic E-state index is 12.2. The maximum Gasteiger partial charge on any atom is 0.331 e. The van der Waals surface area contributed by atoms with E-state index in [1.807, 2.05) is 0 Å². The van der Waals surface area contributed by atoms with Gasteiger partial charge in [0.25, 0.3) is 0 Å². The van der Waals surface area contributed by atoms with Gasteiger partial charge in [0.05, 0.1) is 0 Å². The van der Waals surface area contributed by atoms with E-state index in [-0.39, 0.29) is 18.4 Å². The van der Waals surface area contributed by atoms with Crippen molar-refractivity contribution in [3.63, 3.8) is 0 Å². The molecule has 6 N–H and O–H groups in total. The van der Waals surface area contributed by atoms with Crippen LogP contribution in [0.15, 0.2) is 24.3 Å². The number of rotatable bonds is 7. The van der Waals surface area contributed by atoms with Gasteiger partial charge >= 0.3 is 5.97 Å². The molecule has 1 aromatic carbocycles. The molecular formula is C13H17N3O4. The molecule has 0 spiro atoms. The number of nitrogens with one attached hydrogen (secondary N) is 1. The van der Waals surface area contributed by atoms with Gasteiger partial charge in [0, 0.05) is 24.7 Å². The summed E-state index contributed by atoms with van der Waals surface area (Å²) in [5.74, 6) is -2.95. The summed E-state index contributed by atoms with van der Waals surface area (Å²) in [6, 6.07) is 6.21. The average Bonchev–Trinajstić information content (AvgIpc) is 2.43. The number of hydrogen-bond acceptors (Lipinski definition) is 5. The minimum Gasteiger partial charge on any atom is -0.480 e. The smallest absolute Gasteiger partial charge is 0.331 e. The van der Waals surface area contributed by atoms with Gasteiger partial charge in [-0.05, 0) is 30.7 Å². The predicted octanol–water partition coefficient (Wildman–Crippen LogP) is -0.0414. The molecule has 20 heavy (non-hydrogen) atoms. The average molecular weight is 279 g/mol. The molecule has 1 rings (SSSR count). The van der Waals surface area contributed by atoms with E-state index in [1.165, 1.54) is 12.1 Å². The molecule has 0 aliphatic carbocycles. The number of ketones is 1. The summed E-state index contributed by atoms with van der Waals surface area (Å²) in [7, 11) is 1.72. The van der Waals surface area contributed by atoms with Gasteiger partial charge in [-0.25, -0.2) is 4.79 Å². The molecule has 1 atom stereocenters. The number of Topliss-reactive ketones (excluding diaryl/α,β-unsaturated/α-hetero) is 1. The standard InChI is InChI=1S/C13H17N3O4/c1-16-9-4-2-8(3-5-9)11(18)13(15,12(19)20)7-6-10(14)17/h2-5,16H,6-7,15H2,1H3,(H2,14,17)(H,19,20)/t13-/m1/s1. The van der Waals surface area contributed by atoms with E-state index in [9.17, 15) is 14.4 Å². The van der Waals surface area contributed by atoms with E-state index < -0.39 is 23.2 Å². The summed E-state index contributed by atoms with van der Waals surface area (Å²) in [5, 5.41) is 12.0. The fraction of sp³-hybridized carbons (Fsp3) is 0.308. The highest BCUT2D eigenvalue weighted by molar-refractivity contribution is 6.16. The Labute approximate surface area is 115 Å². The van der Waals surface area contributed by atoms with E-state index in [0.29, 0.717) is 0 Å². The molecule has 0 unspecified atom stereocenters. The first-order chi connectivity index (χ1) is 9.31. The van der Waals surface area contributed by atoms with E-state index in [1.54, 1.807) is 19.2 Å². The van der Waals surface area contributed by atoms with Crippen molar-refractivity contribution >= 4 is 23.3 Å². The first-order valence-electron chi connectivity index (χ1n) is 5.94. The summed E-state index contributed by atoms with van der Waals surface area (Å²) in [6.45, 7) is 0. The van der Waals surface area contributed by atoms with Crippen molar-refractivity contribution < 1.29 is 19.5 Å². The summed E-state index contributed by atoms with van der Waals surface area (Å²) in [4.78, 5) is 34.3. The largest absolute Gasteiger partial charge is 0.480 e. The van der Waals surface area contributed by atoms with E-state index in [2.05, 4.69) is 5.32 Å². The van der Waals surface area contributed by atoms with Gasteiger partial charge in [0.2, 0.25) is 5.91 Å². The Morgan fingerprint density at radius 2 is 1.80 bits per heavy atom. The molecule has 7 nitrogen and oxygen atoms in total. The molecule has 108 valence electrons. The number of aliphatic carboxylic acids is 1. The van der Waals surface area contributed by atoms with Crippen LogP contribution in [0.5, 0.6) is 0 Å². The monoisotopic (exact) mass is 279 g/mol. The fourth-order valence-electron chi connectivity index (χ4n) is 1.68. The van der Waals surface area contributed by atoms with Crippen molar-refractivity contribution in [3.05, 3.63) is 29.8 Å². The molecule has 0 heterocycles. The van der Waals surface area contributed by atoms with E-state index in [4.69, 9.17) is 16.6 Å². The van der Waals surface area contributed by atoms with Gasteiger partial charge < -0.3 is 21.9 Å². The Kier molecular flexibility index (Phi) is 4.82. The summed E-state index contributed by atoms with van der Waals surface area (Å²) in [5.41, 5.74) is 9.42. The van der Waals surface area contributed by atoms with Gasteiger partial charge in [-0.15, -0.1) is 0 Å². The number of carboxylic acids is 1. The van der Waals surface area contributed by atoms with Crippen LogP contribution < -0.4 is 16.8 Å². The first-order valence-corrected chi connectivity index (χ1v) is 5.94. The zero-order valence-corrected chi connectivity index (χ0v) is 11.1. The highest BCUT2D eigenvalue weighted by Gasteiger charge is 2.42. The SMILES string of the molecule is CNc1ccc(C(=O)[C@](N)(CCC(N)=O)C(=O)O)cc1. The summed E-state index contributed by atoms with van der Waals surface area (Å²) >= 11 is 0. The highest BCUT2D eigenvalue weighted by Crippen LogP contribution is 2.19. The lowest BCUT2D eigenvalue weighted by Gasteiger charge is -2.22. The number of benzene rings is 1. The zero-order valence-electron chi connectivity index (χ0n) is 11.1. The van der Waals surface area contributed by atoms with Crippen molar-refractivity contribution in [1.82, 2.24) is 0 Å². The van der Waals surface area contributed by atoms with Crippen molar-refractivity contribution in [1.29, 1.82) is 0 Å². The third-order valence-corrected chi connectivity index (χ3v) is 2.99. The van der Waals surface area contributed by atoms with Crippen LogP contribution in [-0.4, -0.2) is 35.4 Å². The molecule has 0 radical (unpaired) electrons. The topological polar surface area (TPSA) is 136 Å². The molecule has 0 saturated heterocycles. The molecule has 0 bridgehead atoms. The zero-order chi connectivity index (χ0) is 15.3. The Morgan fingerprint density at radius 1 is 1.25 bits per heavy atom. The van der Waals surface area contributed by atoms with Crippen molar-refractivity contribution in [2.45, 2.75) is 18.4 Å². The van der Waals surface area contributed by atoms with Crippen LogP contribution in [0.1, 0.15) is 23.2 Å². The van der Waals surface area contributed by atoms with Crippen molar-refractivity contribution in [2.24, 2.45) is 11.5 Å². The highest BCUT2D eigenvalue weighted by atomic mass is 16.4. The number of hydrogen-bond donors (Lipinski definition) is 4. The molecule has 0 aliphatic rings. The van der Waals surface area contributed by atoms with Gasteiger partial charge in [0.1, 0.15) is 0 Å². The number of carbonyl (C=O) groups excluding carboxylic acids is 2. The number of carbonyl (C=O) groups is 3. The van der Waals surface area contributed by atoms with Gasteiger partial charge in [0.15, 0.2) is 11.3 Å². The van der Waals surface area contributed by atoms with E-state index in [0.717, 1.165) is 5.69 Å². The van der Waals surface area contributed by atoms with Crippen LogP contribution in [0.25, 0.3) is 0 Å². The number of anilines is 1. The predicted molar refractivity (Wildman–Crippen MR) is 73.3 cm³/mol. The normalized spacial score (nSPS) is 13.3. The molecular weight excluding hydrogens is 262 g/mol. The van der Waals surface area contributed by atoms with Crippen LogP contribution in [0, 0.1) is 0 Å². The second kappa shape index (κ2) is 6.16. The molecule has 1 amide bonds. The van der Waals surface area contributed by atoms with Crippen LogP contribution in [0.4, 0.5) is 5.69 Å². The van der Waals surface area contributed by atoms with Gasteiger partial charge in [-0.2, -0.15) is 0 Å². The first kappa shape index (κ1) is 15.6. The van der Waals surface area contributed by atoms with Gasteiger partial charge in [-0.1, -0.05) is 0 Å². The van der Waals surface area contributed by atoms with Gasteiger partial charge in [-0.3, -0.25) is 9.59 Å². The minimum absolute atomic E-state index is 0.165. The van der Waals surface area contributed by atoms with Crippen LogP contribution in [0.2, 0.25) is 0 Å². The van der Waals surface area contributed by atoms with Crippen LogP contribution >= 0.6 is 0 Å². The lowest BCUT2D eigenvalue weighted by Crippen LogP contribution is -2.55. The third-order valence-electron chi connectivity index (χ3n) is 2.99. The van der Waals surface area contributed by atoms with Crippen molar-refractivity contribution in [3.8, 4) is 0 Å². The summed E-state index contributed by atoms with van der Waals surface area (Å²) < 4.78 is 0. The van der Waals surface area contributed by atoms with Crippen LogP contribution in [0.3, 0.4) is 0 Å². The molecule has 0 fully saturated rings. The maximum atomic E-state index is 12.2. The Morgan fingerprint density at radius 3 is 2.20 bits per heavy atom. The Balaban J connectivity index is 3.03. The number of carboxylic acid groups (broad SMARTS) is 1.